The highest BCUT2D eigenvalue weighted by Gasteiger charge is 2.14. The monoisotopic (exact) mass is 275 g/mol. The number of carboxylic acids is 1. The molecule has 0 amide bonds. The smallest absolute Gasteiger partial charge is 0.372 e. The van der Waals surface area contributed by atoms with Crippen LogP contribution in [0.2, 0.25) is 0 Å². The molecular weight excluding hydrogens is 258 g/mol. The summed E-state index contributed by atoms with van der Waals surface area (Å²) in [6.07, 6.45) is 0. The second kappa shape index (κ2) is 5.69. The lowest BCUT2D eigenvalue weighted by molar-refractivity contribution is 0.0659. The van der Waals surface area contributed by atoms with Crippen molar-refractivity contribution in [3.8, 4) is 5.75 Å². The fourth-order valence-corrected chi connectivity index (χ4v) is 1.99. The van der Waals surface area contributed by atoms with Gasteiger partial charge in [-0.25, -0.2) is 4.79 Å². The number of aromatic carboxylic acids is 1. The highest BCUT2D eigenvalue weighted by Crippen LogP contribution is 2.22. The van der Waals surface area contributed by atoms with Crippen LogP contribution >= 0.6 is 0 Å². The van der Waals surface area contributed by atoms with Gasteiger partial charge in [0.15, 0.2) is 0 Å². The van der Waals surface area contributed by atoms with Crippen molar-refractivity contribution in [1.82, 2.24) is 0 Å². The zero-order valence-electron chi connectivity index (χ0n) is 11.7. The first-order valence-electron chi connectivity index (χ1n) is 6.22. The molecule has 2 N–H and O–H groups in total. The second-order valence-corrected chi connectivity index (χ2v) is 4.56. The van der Waals surface area contributed by atoms with Crippen LogP contribution in [0.5, 0.6) is 5.75 Å². The van der Waals surface area contributed by atoms with Gasteiger partial charge < -0.3 is 19.6 Å². The van der Waals surface area contributed by atoms with E-state index < -0.39 is 5.97 Å². The van der Waals surface area contributed by atoms with Crippen molar-refractivity contribution in [3.05, 3.63) is 46.9 Å². The van der Waals surface area contributed by atoms with Crippen molar-refractivity contribution in [3.63, 3.8) is 0 Å². The number of benzene rings is 1. The fourth-order valence-electron chi connectivity index (χ4n) is 1.99. The van der Waals surface area contributed by atoms with E-state index in [-0.39, 0.29) is 5.76 Å². The molecule has 0 spiro atoms. The Bertz CT molecular complexity index is 631. The van der Waals surface area contributed by atoms with Gasteiger partial charge in [-0.3, -0.25) is 0 Å². The van der Waals surface area contributed by atoms with Crippen molar-refractivity contribution in [1.29, 1.82) is 0 Å². The average molecular weight is 275 g/mol. The average Bonchev–Trinajstić information content (AvgIpc) is 2.78. The molecule has 0 unspecified atom stereocenters. The van der Waals surface area contributed by atoms with E-state index in [0.717, 1.165) is 17.0 Å². The van der Waals surface area contributed by atoms with Crippen molar-refractivity contribution < 1.29 is 19.1 Å². The van der Waals surface area contributed by atoms with E-state index in [1.165, 1.54) is 0 Å². The molecule has 5 nitrogen and oxygen atoms in total. The number of carbonyl (C=O) groups is 1. The first kappa shape index (κ1) is 14.0. The van der Waals surface area contributed by atoms with Crippen molar-refractivity contribution >= 4 is 11.7 Å². The predicted molar refractivity (Wildman–Crippen MR) is 75.5 cm³/mol. The van der Waals surface area contributed by atoms with E-state index in [4.69, 9.17) is 14.3 Å². The molecule has 106 valence electrons. The maximum absolute atomic E-state index is 10.9. The van der Waals surface area contributed by atoms with Gasteiger partial charge in [0.05, 0.1) is 13.7 Å². The number of carboxylic acid groups (broad SMARTS) is 1. The lowest BCUT2D eigenvalue weighted by atomic mass is 10.2. The number of nitrogens with one attached hydrogen (secondary N) is 1. The Hall–Kier alpha value is -2.43. The van der Waals surface area contributed by atoms with E-state index in [1.807, 2.05) is 25.1 Å². The number of hydrogen-bond donors (Lipinski definition) is 2. The van der Waals surface area contributed by atoms with Gasteiger partial charge in [-0.2, -0.15) is 0 Å². The van der Waals surface area contributed by atoms with E-state index in [1.54, 1.807) is 20.1 Å². The summed E-state index contributed by atoms with van der Waals surface area (Å²) in [6, 6.07) is 7.45. The fraction of sp³-hybridized carbons (Fsp3) is 0.267. The molecule has 2 aromatic rings. The van der Waals surface area contributed by atoms with Crippen molar-refractivity contribution in [2.24, 2.45) is 0 Å². The Balaban J connectivity index is 2.09. The number of anilines is 1. The van der Waals surface area contributed by atoms with Gasteiger partial charge in [0.25, 0.3) is 0 Å². The highest BCUT2D eigenvalue weighted by atomic mass is 16.5. The first-order valence-corrected chi connectivity index (χ1v) is 6.22. The molecule has 1 aromatic heterocycles. The lowest BCUT2D eigenvalue weighted by Gasteiger charge is -2.09. The van der Waals surface area contributed by atoms with Crippen LogP contribution in [0, 0.1) is 13.8 Å². The quantitative estimate of drug-likeness (QED) is 0.876. The molecule has 0 saturated carbocycles. The summed E-state index contributed by atoms with van der Waals surface area (Å²) in [6.45, 7) is 4.12. The number of rotatable bonds is 5. The molecule has 2 rings (SSSR count). The maximum atomic E-state index is 10.9. The molecule has 0 bridgehead atoms. The number of aryl methyl sites for hydroxylation is 2. The maximum Gasteiger partial charge on any atom is 0.372 e. The molecular formula is C15H17NO4. The van der Waals surface area contributed by atoms with Crippen molar-refractivity contribution in [2.45, 2.75) is 20.4 Å². The molecule has 5 heteroatoms. The highest BCUT2D eigenvalue weighted by molar-refractivity contribution is 5.86. The Morgan fingerprint density at radius 2 is 2.05 bits per heavy atom. The van der Waals surface area contributed by atoms with Gasteiger partial charge in [-0.05, 0) is 43.7 Å². The van der Waals surface area contributed by atoms with Gasteiger partial charge in [0.1, 0.15) is 11.5 Å². The van der Waals surface area contributed by atoms with Gasteiger partial charge in [0.2, 0.25) is 5.76 Å². The molecule has 1 aromatic carbocycles. The zero-order valence-corrected chi connectivity index (χ0v) is 11.7. The topological polar surface area (TPSA) is 71.7 Å². The molecule has 1 heterocycles. The Morgan fingerprint density at radius 1 is 1.30 bits per heavy atom. The summed E-state index contributed by atoms with van der Waals surface area (Å²) in [5.41, 5.74) is 2.63. The minimum Gasteiger partial charge on any atom is -0.497 e. The zero-order chi connectivity index (χ0) is 14.7. The lowest BCUT2D eigenvalue weighted by Crippen LogP contribution is -2.00. The molecule has 0 aliphatic heterocycles. The third-order valence-corrected chi connectivity index (χ3v) is 3.05. The summed E-state index contributed by atoms with van der Waals surface area (Å²) >= 11 is 0. The number of furan rings is 1. The Labute approximate surface area is 117 Å². The first-order chi connectivity index (χ1) is 9.51. The van der Waals surface area contributed by atoms with Crippen LogP contribution in [-0.4, -0.2) is 18.2 Å². The SMILES string of the molecule is COc1ccc(NCc2cc(C)c(C(=O)O)o2)c(C)c1. The molecule has 0 radical (unpaired) electrons. The minimum absolute atomic E-state index is 0.00625. The predicted octanol–water partition coefficient (Wildman–Crippen LogP) is 3.22. The molecule has 0 aliphatic rings. The minimum atomic E-state index is -1.05. The van der Waals surface area contributed by atoms with Crippen LogP contribution in [0.15, 0.2) is 28.7 Å². The molecule has 0 fully saturated rings. The van der Waals surface area contributed by atoms with E-state index in [2.05, 4.69) is 5.32 Å². The van der Waals surface area contributed by atoms with E-state index >= 15 is 0 Å². The number of methoxy groups -OCH3 is 1. The third kappa shape index (κ3) is 2.93. The number of ether oxygens (including phenoxy) is 1. The third-order valence-electron chi connectivity index (χ3n) is 3.05. The van der Waals surface area contributed by atoms with Crippen LogP contribution in [-0.2, 0) is 6.54 Å². The standard InChI is InChI=1S/C15H17NO4/c1-9-6-11(19-3)4-5-13(9)16-8-12-7-10(2)14(20-12)15(17)18/h4-7,16H,8H2,1-3H3,(H,17,18). The Morgan fingerprint density at radius 3 is 2.60 bits per heavy atom. The number of hydrogen-bond acceptors (Lipinski definition) is 4. The summed E-state index contributed by atoms with van der Waals surface area (Å²) in [5, 5.41) is 12.2. The van der Waals surface area contributed by atoms with Crippen molar-refractivity contribution in [2.75, 3.05) is 12.4 Å². The van der Waals surface area contributed by atoms with Gasteiger partial charge >= 0.3 is 5.97 Å². The van der Waals surface area contributed by atoms with Crippen LogP contribution in [0.3, 0.4) is 0 Å². The summed E-state index contributed by atoms with van der Waals surface area (Å²) in [5.74, 6) is 0.341. The molecule has 20 heavy (non-hydrogen) atoms. The summed E-state index contributed by atoms with van der Waals surface area (Å²) in [7, 11) is 1.63. The van der Waals surface area contributed by atoms with Crippen LogP contribution < -0.4 is 10.1 Å². The van der Waals surface area contributed by atoms with Crippen LogP contribution in [0.25, 0.3) is 0 Å². The Kier molecular flexibility index (Phi) is 3.98. The van der Waals surface area contributed by atoms with Gasteiger partial charge in [0, 0.05) is 11.3 Å². The van der Waals surface area contributed by atoms with E-state index in [9.17, 15) is 4.79 Å². The summed E-state index contributed by atoms with van der Waals surface area (Å²) in [4.78, 5) is 10.9. The van der Waals surface area contributed by atoms with Gasteiger partial charge in [-0.15, -0.1) is 0 Å². The van der Waals surface area contributed by atoms with Gasteiger partial charge in [-0.1, -0.05) is 0 Å². The van der Waals surface area contributed by atoms with Crippen LogP contribution in [0.4, 0.5) is 5.69 Å². The van der Waals surface area contributed by atoms with E-state index in [0.29, 0.717) is 17.9 Å². The summed E-state index contributed by atoms with van der Waals surface area (Å²) < 4.78 is 10.4. The molecule has 0 atom stereocenters. The normalized spacial score (nSPS) is 10.3. The molecule has 0 saturated heterocycles. The largest absolute Gasteiger partial charge is 0.497 e. The van der Waals surface area contributed by atoms with Crippen LogP contribution in [0.1, 0.15) is 27.4 Å². The molecule has 0 aliphatic carbocycles. The second-order valence-electron chi connectivity index (χ2n) is 4.56.